The van der Waals surface area contributed by atoms with E-state index < -0.39 is 65.8 Å². The molecule has 0 spiro atoms. The zero-order chi connectivity index (χ0) is 27.1. The van der Waals surface area contributed by atoms with Gasteiger partial charge in [-0.2, -0.15) is 0 Å². The van der Waals surface area contributed by atoms with Gasteiger partial charge in [-0.1, -0.05) is 0 Å². The maximum atomic E-state index is 12.8. The van der Waals surface area contributed by atoms with E-state index in [1.165, 1.54) is 6.92 Å². The van der Waals surface area contributed by atoms with Crippen molar-refractivity contribution in [3.8, 4) is 0 Å². The number of amides is 5. The van der Waals surface area contributed by atoms with Gasteiger partial charge in [-0.05, 0) is 45.6 Å². The Kier molecular flexibility index (Phi) is 14.8. The predicted octanol–water partition coefficient (Wildman–Crippen LogP) is -4.11. The molecule has 0 aromatic rings. The van der Waals surface area contributed by atoms with Crippen LogP contribution < -0.4 is 38.9 Å². The molecular weight excluding hydrogens is 466 g/mol. The van der Waals surface area contributed by atoms with E-state index >= 15 is 0 Å². The second-order valence-corrected chi connectivity index (χ2v) is 8.09. The fraction of sp³-hybridized carbons (Fsp3) is 0.700. The molecule has 15 heteroatoms. The van der Waals surface area contributed by atoms with Crippen LogP contribution in [0.25, 0.3) is 0 Å². The second kappa shape index (κ2) is 16.3. The van der Waals surface area contributed by atoms with Gasteiger partial charge in [-0.15, -0.1) is 0 Å². The van der Waals surface area contributed by atoms with Gasteiger partial charge in [0.05, 0.1) is 12.1 Å². The molecule has 0 radical (unpaired) electrons. The number of rotatable bonds is 18. The smallest absolute Gasteiger partial charge is 0.326 e. The lowest BCUT2D eigenvalue weighted by molar-refractivity contribution is -0.142. The molecule has 13 N–H and O–H groups in total. The molecule has 5 atom stereocenters. The third kappa shape index (κ3) is 13.2. The van der Waals surface area contributed by atoms with E-state index in [-0.39, 0.29) is 32.1 Å². The molecule has 0 aliphatic carbocycles. The molecule has 0 aromatic heterocycles. The molecule has 35 heavy (non-hydrogen) atoms. The standard InChI is InChI=1S/C20H37N7O8/c1-10(28)16(27-17(31)11(22)5-7-14(23)29)19(33)25-12(6-8-15(24)30)18(32)26-13(20(34)35)4-2-3-9-21/h10-13,16,28H,2-9,21-22H2,1H3,(H2,23,29)(H2,24,30)(H,25,33)(H,26,32)(H,27,31)(H,34,35). The molecule has 0 aliphatic heterocycles. The third-order valence-corrected chi connectivity index (χ3v) is 4.98. The summed E-state index contributed by atoms with van der Waals surface area (Å²) in [5.41, 5.74) is 21.2. The van der Waals surface area contributed by atoms with Gasteiger partial charge in [-0.3, -0.25) is 24.0 Å². The van der Waals surface area contributed by atoms with Crippen LogP contribution >= 0.6 is 0 Å². The highest BCUT2D eigenvalue weighted by atomic mass is 16.4. The molecule has 5 amide bonds. The molecule has 0 saturated carbocycles. The summed E-state index contributed by atoms with van der Waals surface area (Å²) >= 11 is 0. The first-order valence-electron chi connectivity index (χ1n) is 11.1. The Morgan fingerprint density at radius 1 is 0.771 bits per heavy atom. The molecule has 5 unspecified atom stereocenters. The highest BCUT2D eigenvalue weighted by Crippen LogP contribution is 2.06. The molecular formula is C20H37N7O8. The Balaban J connectivity index is 5.43. The highest BCUT2D eigenvalue weighted by molar-refractivity contribution is 5.94. The SMILES string of the molecule is CC(O)C(NC(=O)C(N)CCC(N)=O)C(=O)NC(CCC(N)=O)C(=O)NC(CCCCN)C(=O)O. The number of carbonyl (C=O) groups excluding carboxylic acids is 5. The molecule has 0 bridgehead atoms. The predicted molar refractivity (Wildman–Crippen MR) is 123 cm³/mol. The number of primary amides is 2. The van der Waals surface area contributed by atoms with Gasteiger partial charge in [0.25, 0.3) is 0 Å². The number of nitrogens with two attached hydrogens (primary N) is 4. The van der Waals surface area contributed by atoms with Crippen molar-refractivity contribution in [2.75, 3.05) is 6.54 Å². The Hall–Kier alpha value is -3.30. The molecule has 0 rings (SSSR count). The normalized spacial score (nSPS) is 15.1. The van der Waals surface area contributed by atoms with Gasteiger partial charge >= 0.3 is 5.97 Å². The zero-order valence-corrected chi connectivity index (χ0v) is 19.7. The lowest BCUT2D eigenvalue weighted by Crippen LogP contribution is -2.59. The summed E-state index contributed by atoms with van der Waals surface area (Å²) in [6, 6.07) is -5.41. The molecule has 0 saturated heterocycles. The number of aliphatic carboxylic acids is 1. The van der Waals surface area contributed by atoms with Crippen molar-refractivity contribution < 1.29 is 39.0 Å². The number of carbonyl (C=O) groups is 6. The van der Waals surface area contributed by atoms with Crippen molar-refractivity contribution in [1.29, 1.82) is 0 Å². The van der Waals surface area contributed by atoms with Crippen LogP contribution in [0.1, 0.15) is 51.9 Å². The van der Waals surface area contributed by atoms with Crippen LogP contribution in [0.15, 0.2) is 0 Å². The van der Waals surface area contributed by atoms with Crippen LogP contribution in [0.3, 0.4) is 0 Å². The number of nitrogens with one attached hydrogen (secondary N) is 3. The lowest BCUT2D eigenvalue weighted by atomic mass is 10.0. The number of hydrogen-bond donors (Lipinski definition) is 9. The van der Waals surface area contributed by atoms with Gasteiger partial charge in [0.2, 0.25) is 29.5 Å². The molecule has 15 nitrogen and oxygen atoms in total. The number of aliphatic hydroxyl groups is 1. The third-order valence-electron chi connectivity index (χ3n) is 4.98. The quantitative estimate of drug-likeness (QED) is 0.0814. The summed E-state index contributed by atoms with van der Waals surface area (Å²) in [7, 11) is 0. The van der Waals surface area contributed by atoms with E-state index in [1.54, 1.807) is 0 Å². The van der Waals surface area contributed by atoms with Crippen LogP contribution in [0, 0.1) is 0 Å². The van der Waals surface area contributed by atoms with Crippen molar-refractivity contribution in [1.82, 2.24) is 16.0 Å². The average Bonchev–Trinajstić information content (AvgIpc) is 2.76. The molecule has 0 fully saturated rings. The fourth-order valence-electron chi connectivity index (χ4n) is 2.93. The fourth-order valence-corrected chi connectivity index (χ4v) is 2.93. The van der Waals surface area contributed by atoms with Crippen molar-refractivity contribution in [3.63, 3.8) is 0 Å². The topological polar surface area (TPSA) is 283 Å². The van der Waals surface area contributed by atoms with Crippen LogP contribution in [-0.4, -0.2) is 82.5 Å². The number of aliphatic hydroxyl groups excluding tert-OH is 1. The summed E-state index contributed by atoms with van der Waals surface area (Å²) in [4.78, 5) is 71.3. The van der Waals surface area contributed by atoms with Crippen LogP contribution in [0.5, 0.6) is 0 Å². The summed E-state index contributed by atoms with van der Waals surface area (Å²) in [5, 5.41) is 26.2. The highest BCUT2D eigenvalue weighted by Gasteiger charge is 2.32. The van der Waals surface area contributed by atoms with E-state index in [1.807, 2.05) is 0 Å². The lowest BCUT2D eigenvalue weighted by Gasteiger charge is -2.26. The molecule has 0 heterocycles. The molecule has 0 aliphatic rings. The molecule has 200 valence electrons. The van der Waals surface area contributed by atoms with Gasteiger partial charge in [-0.25, -0.2) is 4.79 Å². The van der Waals surface area contributed by atoms with Crippen molar-refractivity contribution in [2.24, 2.45) is 22.9 Å². The largest absolute Gasteiger partial charge is 0.480 e. The van der Waals surface area contributed by atoms with Crippen molar-refractivity contribution in [3.05, 3.63) is 0 Å². The van der Waals surface area contributed by atoms with Gasteiger partial charge < -0.3 is 49.1 Å². The van der Waals surface area contributed by atoms with E-state index in [0.29, 0.717) is 19.4 Å². The van der Waals surface area contributed by atoms with Gasteiger partial charge in [0.1, 0.15) is 18.1 Å². The maximum Gasteiger partial charge on any atom is 0.326 e. The van der Waals surface area contributed by atoms with Crippen molar-refractivity contribution >= 4 is 35.5 Å². The number of hydrogen-bond acceptors (Lipinski definition) is 9. The Morgan fingerprint density at radius 2 is 1.31 bits per heavy atom. The Morgan fingerprint density at radius 3 is 1.80 bits per heavy atom. The van der Waals surface area contributed by atoms with Crippen LogP contribution in [0.2, 0.25) is 0 Å². The maximum absolute atomic E-state index is 12.8. The van der Waals surface area contributed by atoms with E-state index in [4.69, 9.17) is 22.9 Å². The van der Waals surface area contributed by atoms with Crippen molar-refractivity contribution in [2.45, 2.75) is 82.1 Å². The average molecular weight is 504 g/mol. The Bertz CT molecular complexity index is 762. The second-order valence-electron chi connectivity index (χ2n) is 8.09. The van der Waals surface area contributed by atoms with Gasteiger partial charge in [0.15, 0.2) is 0 Å². The first-order chi connectivity index (χ1) is 16.3. The monoisotopic (exact) mass is 503 g/mol. The summed E-state index contributed by atoms with van der Waals surface area (Å²) < 4.78 is 0. The summed E-state index contributed by atoms with van der Waals surface area (Å²) in [6.45, 7) is 1.55. The minimum atomic E-state index is -1.55. The van der Waals surface area contributed by atoms with E-state index in [0.717, 1.165) is 0 Å². The first kappa shape index (κ1) is 31.7. The number of unbranched alkanes of at least 4 members (excludes halogenated alkanes) is 1. The van der Waals surface area contributed by atoms with E-state index in [9.17, 15) is 39.0 Å². The number of carboxylic acid groups (broad SMARTS) is 1. The summed E-state index contributed by atoms with van der Waals surface area (Å²) in [5.74, 6) is -5.48. The van der Waals surface area contributed by atoms with Gasteiger partial charge in [0, 0.05) is 12.8 Å². The van der Waals surface area contributed by atoms with Crippen LogP contribution in [-0.2, 0) is 28.8 Å². The van der Waals surface area contributed by atoms with E-state index in [2.05, 4.69) is 16.0 Å². The zero-order valence-electron chi connectivity index (χ0n) is 19.7. The number of carboxylic acids is 1. The van der Waals surface area contributed by atoms with Crippen LogP contribution in [0.4, 0.5) is 0 Å². The molecule has 0 aromatic carbocycles. The summed E-state index contributed by atoms with van der Waals surface area (Å²) in [6.07, 6.45) is -1.22. The Labute approximate surface area is 202 Å². The minimum absolute atomic E-state index is 0.0876. The first-order valence-corrected chi connectivity index (χ1v) is 11.1. The minimum Gasteiger partial charge on any atom is -0.480 e.